The lowest BCUT2D eigenvalue weighted by Crippen LogP contribution is -2.00. The van der Waals surface area contributed by atoms with Gasteiger partial charge in [-0.15, -0.1) is 0 Å². The molecule has 0 saturated heterocycles. The minimum absolute atomic E-state index is 0.533. The number of para-hydroxylation sites is 1. The molecule has 3 aromatic rings. The highest BCUT2D eigenvalue weighted by molar-refractivity contribution is 5.90. The van der Waals surface area contributed by atoms with Gasteiger partial charge in [0.25, 0.3) is 5.71 Å². The maximum Gasteiger partial charge on any atom is 0.263 e. The predicted molar refractivity (Wildman–Crippen MR) is 78.2 cm³/mol. The molecule has 0 atom stereocenters. The average Bonchev–Trinajstić information content (AvgIpc) is 2.84. The van der Waals surface area contributed by atoms with Crippen LogP contribution >= 0.6 is 0 Å². The van der Waals surface area contributed by atoms with Crippen LogP contribution in [0.2, 0.25) is 0 Å². The zero-order valence-corrected chi connectivity index (χ0v) is 11.8. The van der Waals surface area contributed by atoms with Gasteiger partial charge in [-0.3, -0.25) is 0 Å². The number of aryl methyl sites for hydroxylation is 3. The molecule has 2 heterocycles. The summed E-state index contributed by atoms with van der Waals surface area (Å²) < 4.78 is 5.29. The highest BCUT2D eigenvalue weighted by Crippen LogP contribution is 2.28. The van der Waals surface area contributed by atoms with Crippen LogP contribution in [0.1, 0.15) is 24.0 Å². The summed E-state index contributed by atoms with van der Waals surface area (Å²) in [5, 5.41) is 8.29. The van der Waals surface area contributed by atoms with Crippen LogP contribution in [0.3, 0.4) is 0 Å². The fourth-order valence-electron chi connectivity index (χ4n) is 2.19. The third-order valence-corrected chi connectivity index (χ3v) is 3.25. The molecule has 1 N–H and O–H groups in total. The molecule has 5 nitrogen and oxygen atoms in total. The monoisotopic (exact) mass is 268 g/mol. The zero-order valence-electron chi connectivity index (χ0n) is 11.8. The number of aromatic nitrogens is 3. The molecule has 20 heavy (non-hydrogen) atoms. The van der Waals surface area contributed by atoms with Crippen LogP contribution in [0.4, 0.5) is 11.5 Å². The van der Waals surface area contributed by atoms with Crippen molar-refractivity contribution >= 4 is 22.6 Å². The highest BCUT2D eigenvalue weighted by Gasteiger charge is 2.15. The molecular weight excluding hydrogens is 252 g/mol. The predicted octanol–water partition coefficient (Wildman–Crippen LogP) is 3.54. The maximum atomic E-state index is 5.29. The fraction of sp³-hybridized carbons (Fsp3) is 0.267. The summed E-state index contributed by atoms with van der Waals surface area (Å²) in [6.45, 7) is 5.94. The van der Waals surface area contributed by atoms with Crippen molar-refractivity contribution in [2.24, 2.45) is 0 Å². The first-order valence-electron chi connectivity index (χ1n) is 6.64. The minimum Gasteiger partial charge on any atom is -0.339 e. The maximum absolute atomic E-state index is 5.29. The van der Waals surface area contributed by atoms with E-state index in [2.05, 4.69) is 33.4 Å². The lowest BCUT2D eigenvalue weighted by molar-refractivity contribution is 0.439. The van der Waals surface area contributed by atoms with Crippen LogP contribution < -0.4 is 5.32 Å². The van der Waals surface area contributed by atoms with E-state index in [0.717, 1.165) is 34.6 Å². The molecule has 2 aromatic heterocycles. The van der Waals surface area contributed by atoms with Gasteiger partial charge in [0.05, 0.1) is 5.69 Å². The van der Waals surface area contributed by atoms with Gasteiger partial charge in [-0.05, 0) is 31.9 Å². The van der Waals surface area contributed by atoms with E-state index in [-0.39, 0.29) is 0 Å². The van der Waals surface area contributed by atoms with Gasteiger partial charge in [0.15, 0.2) is 0 Å². The van der Waals surface area contributed by atoms with Gasteiger partial charge in [-0.1, -0.05) is 30.3 Å². The number of fused-ring (bicyclic) bond motifs is 1. The molecule has 3 rings (SSSR count). The van der Waals surface area contributed by atoms with Gasteiger partial charge < -0.3 is 9.84 Å². The third-order valence-electron chi connectivity index (χ3n) is 3.25. The molecule has 0 spiro atoms. The van der Waals surface area contributed by atoms with Crippen molar-refractivity contribution in [1.82, 2.24) is 15.1 Å². The molecule has 0 unspecified atom stereocenters. The largest absolute Gasteiger partial charge is 0.339 e. The van der Waals surface area contributed by atoms with Gasteiger partial charge in [0.1, 0.15) is 17.0 Å². The molecule has 0 aliphatic rings. The van der Waals surface area contributed by atoms with Crippen LogP contribution in [0.15, 0.2) is 28.8 Å². The third kappa shape index (κ3) is 2.11. The molecule has 102 valence electrons. The van der Waals surface area contributed by atoms with Crippen molar-refractivity contribution in [2.75, 3.05) is 5.32 Å². The van der Waals surface area contributed by atoms with E-state index < -0.39 is 0 Å². The number of nitrogens with zero attached hydrogens (tertiary/aromatic N) is 3. The Kier molecular flexibility index (Phi) is 3.10. The van der Waals surface area contributed by atoms with Gasteiger partial charge in [-0.2, -0.15) is 4.98 Å². The second-order valence-corrected chi connectivity index (χ2v) is 4.72. The van der Waals surface area contributed by atoms with Crippen molar-refractivity contribution < 1.29 is 4.52 Å². The Morgan fingerprint density at radius 1 is 1.15 bits per heavy atom. The van der Waals surface area contributed by atoms with E-state index in [1.165, 1.54) is 0 Å². The smallest absolute Gasteiger partial charge is 0.263 e. The summed E-state index contributed by atoms with van der Waals surface area (Å²) in [6.07, 6.45) is 0.780. The van der Waals surface area contributed by atoms with Crippen LogP contribution in [-0.2, 0) is 6.42 Å². The van der Waals surface area contributed by atoms with E-state index in [1.54, 1.807) is 0 Å². The summed E-state index contributed by atoms with van der Waals surface area (Å²) in [7, 11) is 0. The van der Waals surface area contributed by atoms with Gasteiger partial charge in [0.2, 0.25) is 0 Å². The summed E-state index contributed by atoms with van der Waals surface area (Å²) >= 11 is 0. The molecule has 0 aliphatic carbocycles. The van der Waals surface area contributed by atoms with Crippen molar-refractivity contribution in [3.8, 4) is 0 Å². The summed E-state index contributed by atoms with van der Waals surface area (Å²) in [6, 6.07) is 8.09. The second kappa shape index (κ2) is 4.92. The summed E-state index contributed by atoms with van der Waals surface area (Å²) in [5.41, 5.74) is 3.59. The minimum atomic E-state index is 0.533. The molecule has 5 heteroatoms. The quantitative estimate of drug-likeness (QED) is 0.787. The van der Waals surface area contributed by atoms with Crippen molar-refractivity contribution in [2.45, 2.75) is 27.2 Å². The molecular formula is C15H16N4O. The number of rotatable bonds is 3. The van der Waals surface area contributed by atoms with Gasteiger partial charge in [-0.25, -0.2) is 4.98 Å². The van der Waals surface area contributed by atoms with Gasteiger partial charge in [0, 0.05) is 5.69 Å². The highest BCUT2D eigenvalue weighted by atomic mass is 16.5. The first-order chi connectivity index (χ1) is 9.69. The molecule has 0 aliphatic heterocycles. The van der Waals surface area contributed by atoms with Gasteiger partial charge >= 0.3 is 0 Å². The first kappa shape index (κ1) is 12.6. The number of nitrogens with one attached hydrogen (secondary N) is 1. The van der Waals surface area contributed by atoms with E-state index in [9.17, 15) is 0 Å². The Bertz CT molecular complexity index is 764. The SMILES string of the molecule is CCc1noc2nc(C)nc(Nc3ccccc3C)c12. The van der Waals surface area contributed by atoms with Crippen LogP contribution in [0, 0.1) is 13.8 Å². The Morgan fingerprint density at radius 2 is 1.95 bits per heavy atom. The number of hydrogen-bond donors (Lipinski definition) is 1. The van der Waals surface area contributed by atoms with Crippen molar-refractivity contribution in [3.05, 3.63) is 41.3 Å². The molecule has 0 amide bonds. The normalized spacial score (nSPS) is 10.9. The first-order valence-corrected chi connectivity index (χ1v) is 6.64. The van der Waals surface area contributed by atoms with Crippen LogP contribution in [0.25, 0.3) is 11.1 Å². The van der Waals surface area contributed by atoms with Crippen LogP contribution in [0.5, 0.6) is 0 Å². The average molecular weight is 268 g/mol. The number of benzene rings is 1. The molecule has 0 saturated carbocycles. The van der Waals surface area contributed by atoms with E-state index in [4.69, 9.17) is 4.52 Å². The molecule has 0 bridgehead atoms. The van der Waals surface area contributed by atoms with Crippen molar-refractivity contribution in [3.63, 3.8) is 0 Å². The molecule has 0 radical (unpaired) electrons. The Morgan fingerprint density at radius 3 is 2.70 bits per heavy atom. The second-order valence-electron chi connectivity index (χ2n) is 4.72. The van der Waals surface area contributed by atoms with E-state index in [0.29, 0.717) is 11.5 Å². The Hall–Kier alpha value is -2.43. The van der Waals surface area contributed by atoms with E-state index >= 15 is 0 Å². The van der Waals surface area contributed by atoms with Crippen LogP contribution in [-0.4, -0.2) is 15.1 Å². The summed E-state index contributed by atoms with van der Waals surface area (Å²) in [4.78, 5) is 8.79. The Labute approximate surface area is 117 Å². The Balaban J connectivity index is 2.15. The lowest BCUT2D eigenvalue weighted by Gasteiger charge is -2.09. The van der Waals surface area contributed by atoms with E-state index in [1.807, 2.05) is 32.0 Å². The number of hydrogen-bond acceptors (Lipinski definition) is 5. The lowest BCUT2D eigenvalue weighted by atomic mass is 10.2. The van der Waals surface area contributed by atoms with Crippen molar-refractivity contribution in [1.29, 1.82) is 0 Å². The molecule has 1 aromatic carbocycles. The fourth-order valence-corrected chi connectivity index (χ4v) is 2.19. The summed E-state index contributed by atoms with van der Waals surface area (Å²) in [5.74, 6) is 1.41. The molecule has 0 fully saturated rings. The zero-order chi connectivity index (χ0) is 14.1. The standard InChI is InChI=1S/C15H16N4O/c1-4-11-13-14(16-10(3)17-15(13)20-19-11)18-12-8-6-5-7-9(12)2/h5-8H,4H2,1-3H3,(H,16,17,18). The number of anilines is 2. The topological polar surface area (TPSA) is 63.8 Å².